The average Bonchev–Trinajstić information content (AvgIpc) is 3.27. The third kappa shape index (κ3) is 4.83. The molecule has 0 heterocycles. The van der Waals surface area contributed by atoms with Crippen molar-refractivity contribution in [1.29, 1.82) is 0 Å². The minimum atomic E-state index is -0.449. The summed E-state index contributed by atoms with van der Waals surface area (Å²) >= 11 is 18.0. The maximum Gasteiger partial charge on any atom is 0.225 e. The second kappa shape index (κ2) is 7.53. The zero-order valence-corrected chi connectivity index (χ0v) is 13.4. The molecule has 2 nitrogen and oxygen atoms in total. The standard InChI is InChI=1S/C15H18Cl3NO/c16-13(11-4-2-1-3-5-11)10-19(9-8-14(17)18)15(20)12-6-7-12/h1-5,12-14H,6-10H2. The van der Waals surface area contributed by atoms with E-state index in [1.54, 1.807) is 4.90 Å². The van der Waals surface area contributed by atoms with Crippen molar-refractivity contribution in [1.82, 2.24) is 4.90 Å². The van der Waals surface area contributed by atoms with Gasteiger partial charge in [-0.15, -0.1) is 34.8 Å². The molecular weight excluding hydrogens is 317 g/mol. The zero-order chi connectivity index (χ0) is 14.5. The number of amides is 1. The lowest BCUT2D eigenvalue weighted by atomic mass is 10.1. The van der Waals surface area contributed by atoms with E-state index in [1.807, 2.05) is 30.3 Å². The van der Waals surface area contributed by atoms with Gasteiger partial charge in [0, 0.05) is 19.0 Å². The predicted octanol–water partition coefficient (Wildman–Crippen LogP) is 4.40. The second-order valence-electron chi connectivity index (χ2n) is 5.12. The van der Waals surface area contributed by atoms with E-state index in [4.69, 9.17) is 34.8 Å². The Morgan fingerprint density at radius 1 is 1.20 bits per heavy atom. The van der Waals surface area contributed by atoms with E-state index in [-0.39, 0.29) is 17.2 Å². The molecule has 1 fully saturated rings. The van der Waals surface area contributed by atoms with E-state index < -0.39 is 4.84 Å². The number of alkyl halides is 3. The van der Waals surface area contributed by atoms with Gasteiger partial charge >= 0.3 is 0 Å². The summed E-state index contributed by atoms with van der Waals surface area (Å²) in [4.78, 5) is 13.6. The summed E-state index contributed by atoms with van der Waals surface area (Å²) in [5.74, 6) is 0.360. The number of rotatable bonds is 7. The smallest absolute Gasteiger partial charge is 0.225 e. The van der Waals surface area contributed by atoms with Crippen molar-refractivity contribution in [2.45, 2.75) is 29.5 Å². The number of hydrogen-bond donors (Lipinski definition) is 0. The number of halogens is 3. The Morgan fingerprint density at radius 2 is 1.85 bits per heavy atom. The highest BCUT2D eigenvalue weighted by Gasteiger charge is 2.34. The molecule has 0 saturated heterocycles. The van der Waals surface area contributed by atoms with Crippen LogP contribution in [0.2, 0.25) is 0 Å². The van der Waals surface area contributed by atoms with E-state index >= 15 is 0 Å². The lowest BCUT2D eigenvalue weighted by Gasteiger charge is -2.25. The number of hydrogen-bond acceptors (Lipinski definition) is 1. The first-order valence-corrected chi connectivity index (χ1v) is 8.15. The first kappa shape index (κ1) is 15.9. The van der Waals surface area contributed by atoms with Crippen molar-refractivity contribution in [3.8, 4) is 0 Å². The lowest BCUT2D eigenvalue weighted by molar-refractivity contribution is -0.132. The van der Waals surface area contributed by atoms with Crippen LogP contribution in [0.15, 0.2) is 30.3 Å². The molecule has 0 aromatic heterocycles. The van der Waals surface area contributed by atoms with Gasteiger partial charge in [0.1, 0.15) is 4.84 Å². The first-order valence-electron chi connectivity index (χ1n) is 6.84. The van der Waals surface area contributed by atoms with Crippen LogP contribution < -0.4 is 0 Å². The molecule has 0 spiro atoms. The summed E-state index contributed by atoms with van der Waals surface area (Å²) in [7, 11) is 0. The van der Waals surface area contributed by atoms with Gasteiger partial charge in [0.25, 0.3) is 0 Å². The van der Waals surface area contributed by atoms with Crippen LogP contribution >= 0.6 is 34.8 Å². The van der Waals surface area contributed by atoms with Gasteiger partial charge in [0.15, 0.2) is 0 Å². The first-order chi connectivity index (χ1) is 9.58. The van der Waals surface area contributed by atoms with Crippen LogP contribution in [0, 0.1) is 5.92 Å². The van der Waals surface area contributed by atoms with Gasteiger partial charge in [-0.3, -0.25) is 4.79 Å². The number of nitrogens with zero attached hydrogens (tertiary/aromatic N) is 1. The summed E-state index contributed by atoms with van der Waals surface area (Å²) in [6, 6.07) is 9.80. The molecule has 110 valence electrons. The SMILES string of the molecule is O=C(C1CC1)N(CCC(Cl)Cl)CC(Cl)c1ccccc1. The quantitative estimate of drug-likeness (QED) is 0.677. The molecule has 1 aliphatic carbocycles. The van der Waals surface area contributed by atoms with Crippen molar-refractivity contribution in [3.05, 3.63) is 35.9 Å². The summed E-state index contributed by atoms with van der Waals surface area (Å²) in [6.07, 6.45) is 2.54. The Bertz CT molecular complexity index is 434. The monoisotopic (exact) mass is 333 g/mol. The Morgan fingerprint density at radius 3 is 2.40 bits per heavy atom. The molecule has 1 amide bonds. The highest BCUT2D eigenvalue weighted by Crippen LogP contribution is 2.32. The molecule has 0 radical (unpaired) electrons. The molecular formula is C15H18Cl3NO. The third-order valence-electron chi connectivity index (χ3n) is 3.40. The molecule has 1 aliphatic rings. The molecule has 0 N–H and O–H groups in total. The van der Waals surface area contributed by atoms with Crippen LogP contribution in [0.3, 0.4) is 0 Å². The second-order valence-corrected chi connectivity index (χ2v) is 6.92. The lowest BCUT2D eigenvalue weighted by Crippen LogP contribution is -2.36. The van der Waals surface area contributed by atoms with Gasteiger partial charge in [-0.25, -0.2) is 0 Å². The highest BCUT2D eigenvalue weighted by molar-refractivity contribution is 6.44. The maximum absolute atomic E-state index is 12.3. The van der Waals surface area contributed by atoms with Crippen molar-refractivity contribution in [2.24, 2.45) is 5.92 Å². The van der Waals surface area contributed by atoms with Gasteiger partial charge in [-0.2, -0.15) is 0 Å². The normalized spacial score (nSPS) is 16.2. The third-order valence-corrected chi connectivity index (χ3v) is 4.22. The van der Waals surface area contributed by atoms with Crippen molar-refractivity contribution in [3.63, 3.8) is 0 Å². The van der Waals surface area contributed by atoms with Gasteiger partial charge < -0.3 is 4.90 Å². The molecule has 5 heteroatoms. The van der Waals surface area contributed by atoms with E-state index in [0.717, 1.165) is 18.4 Å². The van der Waals surface area contributed by atoms with Crippen molar-refractivity contribution in [2.75, 3.05) is 13.1 Å². The van der Waals surface area contributed by atoms with Crippen LogP contribution in [-0.4, -0.2) is 28.7 Å². The summed E-state index contributed by atoms with van der Waals surface area (Å²) < 4.78 is 0. The Hall–Kier alpha value is -0.440. The topological polar surface area (TPSA) is 20.3 Å². The average molecular weight is 335 g/mol. The van der Waals surface area contributed by atoms with E-state index in [2.05, 4.69) is 0 Å². The number of carbonyl (C=O) groups is 1. The fourth-order valence-corrected chi connectivity index (χ4v) is 2.60. The zero-order valence-electron chi connectivity index (χ0n) is 11.1. The summed E-state index contributed by atoms with van der Waals surface area (Å²) in [5, 5.41) is -0.206. The molecule has 1 atom stereocenters. The van der Waals surface area contributed by atoms with Gasteiger partial charge in [-0.05, 0) is 24.8 Å². The Kier molecular flexibility index (Phi) is 6.01. The highest BCUT2D eigenvalue weighted by atomic mass is 35.5. The molecule has 1 unspecified atom stereocenters. The Labute approximate surface area is 135 Å². The van der Waals surface area contributed by atoms with E-state index in [0.29, 0.717) is 19.5 Å². The van der Waals surface area contributed by atoms with Crippen molar-refractivity contribution < 1.29 is 4.79 Å². The fraction of sp³-hybridized carbons (Fsp3) is 0.533. The number of benzene rings is 1. The minimum Gasteiger partial charge on any atom is -0.341 e. The summed E-state index contributed by atoms with van der Waals surface area (Å²) in [5.41, 5.74) is 1.02. The fourth-order valence-electron chi connectivity index (χ4n) is 2.09. The molecule has 1 saturated carbocycles. The molecule has 1 aromatic rings. The Balaban J connectivity index is 1.97. The van der Waals surface area contributed by atoms with E-state index in [1.165, 1.54) is 0 Å². The molecule has 0 bridgehead atoms. The molecule has 2 rings (SSSR count). The van der Waals surface area contributed by atoms with Gasteiger partial charge in [-0.1, -0.05) is 30.3 Å². The molecule has 1 aromatic carbocycles. The van der Waals surface area contributed by atoms with Crippen LogP contribution in [-0.2, 0) is 4.79 Å². The van der Waals surface area contributed by atoms with Crippen molar-refractivity contribution >= 4 is 40.7 Å². The van der Waals surface area contributed by atoms with E-state index in [9.17, 15) is 4.79 Å². The van der Waals surface area contributed by atoms with Crippen LogP contribution in [0.5, 0.6) is 0 Å². The van der Waals surface area contributed by atoms with Gasteiger partial charge in [0.05, 0.1) is 5.38 Å². The molecule has 20 heavy (non-hydrogen) atoms. The van der Waals surface area contributed by atoms with Crippen LogP contribution in [0.4, 0.5) is 0 Å². The number of carbonyl (C=O) groups excluding carboxylic acids is 1. The molecule has 0 aliphatic heterocycles. The van der Waals surface area contributed by atoms with Gasteiger partial charge in [0.2, 0.25) is 5.91 Å². The predicted molar refractivity (Wildman–Crippen MR) is 84.5 cm³/mol. The largest absolute Gasteiger partial charge is 0.341 e. The van der Waals surface area contributed by atoms with Crippen LogP contribution in [0.25, 0.3) is 0 Å². The summed E-state index contributed by atoms with van der Waals surface area (Å²) in [6.45, 7) is 1.06. The van der Waals surface area contributed by atoms with Crippen LogP contribution in [0.1, 0.15) is 30.2 Å². The minimum absolute atomic E-state index is 0.179. The maximum atomic E-state index is 12.3.